The van der Waals surface area contributed by atoms with E-state index in [1.165, 1.54) is 10.4 Å². The molecular weight excluding hydrogens is 270 g/mol. The zero-order valence-corrected chi connectivity index (χ0v) is 13.4. The summed E-state index contributed by atoms with van der Waals surface area (Å²) in [4.78, 5) is 15.6. The van der Waals surface area contributed by atoms with Crippen LogP contribution in [0.15, 0.2) is 11.4 Å². The monoisotopic (exact) mass is 295 g/mol. The van der Waals surface area contributed by atoms with E-state index in [0.717, 1.165) is 25.9 Å². The summed E-state index contributed by atoms with van der Waals surface area (Å²) in [6.07, 6.45) is 2.04. The highest BCUT2D eigenvalue weighted by Gasteiger charge is 2.32. The Morgan fingerprint density at radius 1 is 1.60 bits per heavy atom. The normalized spacial score (nSPS) is 23.3. The van der Waals surface area contributed by atoms with Crippen LogP contribution >= 0.6 is 11.3 Å². The van der Waals surface area contributed by atoms with Crippen LogP contribution in [0.4, 0.5) is 0 Å². The van der Waals surface area contributed by atoms with E-state index in [-0.39, 0.29) is 23.9 Å². The van der Waals surface area contributed by atoms with Crippen molar-refractivity contribution in [2.45, 2.75) is 38.8 Å². The first kappa shape index (κ1) is 15.5. The molecule has 0 aromatic carbocycles. The fourth-order valence-corrected chi connectivity index (χ4v) is 4.28. The number of piperidine rings is 1. The van der Waals surface area contributed by atoms with E-state index in [9.17, 15) is 4.79 Å². The molecule has 1 aliphatic rings. The van der Waals surface area contributed by atoms with E-state index in [1.807, 2.05) is 0 Å². The maximum atomic E-state index is 11.9. The number of carbonyl (C=O) groups is 1. The lowest BCUT2D eigenvalue weighted by Gasteiger charge is -2.39. The standard InChI is InChI=1S/C15H25N3OS/c1-10-6-8-20-14(10)13(11(2)16)18-7-4-5-12(9-18)15(19)17-3/h6,8,11-13H,4-5,7,9,16H2,1-3H3,(H,17,19). The van der Waals surface area contributed by atoms with Crippen molar-refractivity contribution in [3.05, 3.63) is 21.9 Å². The maximum Gasteiger partial charge on any atom is 0.224 e. The van der Waals surface area contributed by atoms with Gasteiger partial charge in [-0.15, -0.1) is 11.3 Å². The molecule has 0 spiro atoms. The highest BCUT2D eigenvalue weighted by Crippen LogP contribution is 2.33. The Balaban J connectivity index is 2.18. The van der Waals surface area contributed by atoms with E-state index < -0.39 is 0 Å². The zero-order chi connectivity index (χ0) is 14.7. The van der Waals surface area contributed by atoms with Gasteiger partial charge in [0.2, 0.25) is 5.91 Å². The second kappa shape index (κ2) is 6.70. The largest absolute Gasteiger partial charge is 0.359 e. The number of hydrogen-bond acceptors (Lipinski definition) is 4. The SMILES string of the molecule is CNC(=O)C1CCCN(C(c2sccc2C)C(C)N)C1. The van der Waals surface area contributed by atoms with Crippen LogP contribution in [0.1, 0.15) is 36.2 Å². The number of nitrogens with one attached hydrogen (secondary N) is 1. The van der Waals surface area contributed by atoms with Crippen LogP contribution in [0.25, 0.3) is 0 Å². The number of carbonyl (C=O) groups excluding carboxylic acids is 1. The fourth-order valence-electron chi connectivity index (χ4n) is 3.10. The Labute approximate surface area is 125 Å². The molecule has 0 bridgehead atoms. The molecule has 5 heteroatoms. The Bertz CT molecular complexity index is 458. The van der Waals surface area contributed by atoms with E-state index in [2.05, 4.69) is 35.5 Å². The predicted octanol–water partition coefficient (Wildman–Crippen LogP) is 1.90. The van der Waals surface area contributed by atoms with Crippen LogP contribution in [0.5, 0.6) is 0 Å². The average Bonchev–Trinajstić information content (AvgIpc) is 2.84. The summed E-state index contributed by atoms with van der Waals surface area (Å²) in [7, 11) is 1.72. The molecule has 4 nitrogen and oxygen atoms in total. The lowest BCUT2D eigenvalue weighted by molar-refractivity contribution is -0.126. The molecule has 1 fully saturated rings. The molecule has 1 aromatic rings. The van der Waals surface area contributed by atoms with Gasteiger partial charge in [-0.1, -0.05) is 0 Å². The summed E-state index contributed by atoms with van der Waals surface area (Å²) >= 11 is 1.77. The molecule has 3 atom stereocenters. The van der Waals surface area contributed by atoms with Gasteiger partial charge in [0.15, 0.2) is 0 Å². The van der Waals surface area contributed by atoms with Crippen molar-refractivity contribution in [1.82, 2.24) is 10.2 Å². The number of aryl methyl sites for hydroxylation is 1. The van der Waals surface area contributed by atoms with E-state index in [4.69, 9.17) is 5.73 Å². The van der Waals surface area contributed by atoms with Gasteiger partial charge in [0.25, 0.3) is 0 Å². The molecule has 0 radical (unpaired) electrons. The fraction of sp³-hybridized carbons (Fsp3) is 0.667. The van der Waals surface area contributed by atoms with Crippen LogP contribution in [0, 0.1) is 12.8 Å². The molecule has 1 amide bonds. The molecule has 3 N–H and O–H groups in total. The third-order valence-electron chi connectivity index (χ3n) is 4.13. The van der Waals surface area contributed by atoms with Crippen molar-refractivity contribution in [1.29, 1.82) is 0 Å². The van der Waals surface area contributed by atoms with Crippen molar-refractivity contribution in [3.8, 4) is 0 Å². The number of likely N-dealkylation sites (tertiary alicyclic amines) is 1. The first-order valence-corrected chi connectivity index (χ1v) is 8.17. The number of thiophene rings is 1. The van der Waals surface area contributed by atoms with Crippen LogP contribution in [-0.4, -0.2) is 37.0 Å². The quantitative estimate of drug-likeness (QED) is 0.892. The lowest BCUT2D eigenvalue weighted by atomic mass is 9.93. The summed E-state index contributed by atoms with van der Waals surface area (Å²) in [5, 5.41) is 4.90. The first-order chi connectivity index (χ1) is 9.54. The Morgan fingerprint density at radius 2 is 2.35 bits per heavy atom. The third-order valence-corrected chi connectivity index (χ3v) is 5.22. The van der Waals surface area contributed by atoms with Gasteiger partial charge in [-0.3, -0.25) is 9.69 Å². The van der Waals surface area contributed by atoms with E-state index in [0.29, 0.717) is 0 Å². The molecule has 20 heavy (non-hydrogen) atoms. The Morgan fingerprint density at radius 3 is 2.90 bits per heavy atom. The molecule has 3 unspecified atom stereocenters. The van der Waals surface area contributed by atoms with Gasteiger partial charge < -0.3 is 11.1 Å². The van der Waals surface area contributed by atoms with Crippen molar-refractivity contribution in [2.75, 3.05) is 20.1 Å². The summed E-state index contributed by atoms with van der Waals surface area (Å²) in [6, 6.07) is 2.44. The van der Waals surface area contributed by atoms with Gasteiger partial charge in [-0.2, -0.15) is 0 Å². The third kappa shape index (κ3) is 3.22. The molecule has 1 aromatic heterocycles. The molecule has 1 saturated heterocycles. The van der Waals surface area contributed by atoms with Crippen molar-refractivity contribution < 1.29 is 4.79 Å². The second-order valence-electron chi connectivity index (χ2n) is 5.72. The van der Waals surface area contributed by atoms with Gasteiger partial charge in [-0.05, 0) is 50.2 Å². The Hall–Kier alpha value is -0.910. The lowest BCUT2D eigenvalue weighted by Crippen LogP contribution is -2.47. The molecule has 112 valence electrons. The predicted molar refractivity (Wildman–Crippen MR) is 83.8 cm³/mol. The van der Waals surface area contributed by atoms with Gasteiger partial charge in [0, 0.05) is 24.5 Å². The molecule has 1 aliphatic heterocycles. The summed E-state index contributed by atoms with van der Waals surface area (Å²) < 4.78 is 0. The van der Waals surface area contributed by atoms with Gasteiger partial charge in [-0.25, -0.2) is 0 Å². The van der Waals surface area contributed by atoms with Crippen LogP contribution in [0.3, 0.4) is 0 Å². The molecule has 0 aliphatic carbocycles. The van der Waals surface area contributed by atoms with Gasteiger partial charge in [0.1, 0.15) is 0 Å². The average molecular weight is 295 g/mol. The second-order valence-corrected chi connectivity index (χ2v) is 6.67. The summed E-state index contributed by atoms with van der Waals surface area (Å²) in [6.45, 7) is 6.04. The summed E-state index contributed by atoms with van der Waals surface area (Å²) in [5.41, 5.74) is 7.55. The van der Waals surface area contributed by atoms with Crippen molar-refractivity contribution in [3.63, 3.8) is 0 Å². The molecular formula is C15H25N3OS. The van der Waals surface area contributed by atoms with Crippen LogP contribution < -0.4 is 11.1 Å². The van der Waals surface area contributed by atoms with Gasteiger partial charge in [0.05, 0.1) is 12.0 Å². The number of hydrogen-bond donors (Lipinski definition) is 2. The smallest absolute Gasteiger partial charge is 0.224 e. The number of amides is 1. The van der Waals surface area contributed by atoms with Crippen LogP contribution in [-0.2, 0) is 4.79 Å². The maximum absolute atomic E-state index is 11.9. The van der Waals surface area contributed by atoms with Gasteiger partial charge >= 0.3 is 0 Å². The minimum Gasteiger partial charge on any atom is -0.359 e. The highest BCUT2D eigenvalue weighted by molar-refractivity contribution is 7.10. The van der Waals surface area contributed by atoms with Crippen LogP contribution in [0.2, 0.25) is 0 Å². The first-order valence-electron chi connectivity index (χ1n) is 7.29. The minimum absolute atomic E-state index is 0.0655. The van der Waals surface area contributed by atoms with Crippen molar-refractivity contribution in [2.24, 2.45) is 11.7 Å². The molecule has 2 heterocycles. The number of nitrogens with zero attached hydrogens (tertiary/aromatic N) is 1. The molecule has 0 saturated carbocycles. The van der Waals surface area contributed by atoms with E-state index >= 15 is 0 Å². The topological polar surface area (TPSA) is 58.4 Å². The zero-order valence-electron chi connectivity index (χ0n) is 12.6. The summed E-state index contributed by atoms with van der Waals surface area (Å²) in [5.74, 6) is 0.247. The minimum atomic E-state index is 0.0655. The number of nitrogens with two attached hydrogens (primary N) is 1. The number of rotatable bonds is 4. The van der Waals surface area contributed by atoms with Crippen molar-refractivity contribution >= 4 is 17.2 Å². The Kier molecular flexibility index (Phi) is 5.18. The molecule has 2 rings (SSSR count). The van der Waals surface area contributed by atoms with E-state index in [1.54, 1.807) is 18.4 Å². The highest BCUT2D eigenvalue weighted by atomic mass is 32.1.